The number of aryl methyl sites for hydroxylation is 2. The number of aromatic nitrogens is 1. The van der Waals surface area contributed by atoms with Crippen LogP contribution in [0.1, 0.15) is 27.4 Å². The standard InChI is InChI=1S/C13H11F3N2O2/c1-7-11(8(2)20-18-7)17-12(19)9-3-5-10(6-4-9)13(14,15)16/h3-6H,1-2H3,(H,17,19). The summed E-state index contributed by atoms with van der Waals surface area (Å²) in [6.45, 7) is 3.28. The molecule has 0 radical (unpaired) electrons. The van der Waals surface area contributed by atoms with Crippen LogP contribution in [0.3, 0.4) is 0 Å². The van der Waals surface area contributed by atoms with E-state index in [-0.39, 0.29) is 5.56 Å². The fourth-order valence-electron chi connectivity index (χ4n) is 1.66. The molecule has 0 saturated heterocycles. The molecule has 0 bridgehead atoms. The number of benzene rings is 1. The highest BCUT2D eigenvalue weighted by molar-refractivity contribution is 6.04. The van der Waals surface area contributed by atoms with Gasteiger partial charge in [0.2, 0.25) is 0 Å². The highest BCUT2D eigenvalue weighted by Crippen LogP contribution is 2.29. The Morgan fingerprint density at radius 2 is 1.80 bits per heavy atom. The lowest BCUT2D eigenvalue weighted by molar-refractivity contribution is -0.137. The highest BCUT2D eigenvalue weighted by Gasteiger charge is 2.30. The van der Waals surface area contributed by atoms with Crippen molar-refractivity contribution in [1.29, 1.82) is 0 Å². The first kappa shape index (κ1) is 14.1. The van der Waals surface area contributed by atoms with Gasteiger partial charge in [0.1, 0.15) is 11.4 Å². The Hall–Kier alpha value is -2.31. The van der Waals surface area contributed by atoms with Gasteiger partial charge in [0.25, 0.3) is 5.91 Å². The Bertz CT molecular complexity index is 611. The minimum atomic E-state index is -4.42. The zero-order valence-corrected chi connectivity index (χ0v) is 10.7. The summed E-state index contributed by atoms with van der Waals surface area (Å²) >= 11 is 0. The molecule has 1 heterocycles. The molecule has 20 heavy (non-hydrogen) atoms. The molecule has 0 aliphatic heterocycles. The first-order valence-corrected chi connectivity index (χ1v) is 5.70. The largest absolute Gasteiger partial charge is 0.416 e. The summed E-state index contributed by atoms with van der Waals surface area (Å²) in [4.78, 5) is 11.9. The van der Waals surface area contributed by atoms with Crippen molar-refractivity contribution in [3.8, 4) is 0 Å². The van der Waals surface area contributed by atoms with E-state index in [1.165, 1.54) is 0 Å². The zero-order chi connectivity index (χ0) is 14.9. The Morgan fingerprint density at radius 1 is 1.20 bits per heavy atom. The Balaban J connectivity index is 2.18. The number of halogens is 3. The molecule has 0 aliphatic carbocycles. The predicted octanol–water partition coefficient (Wildman–Crippen LogP) is 3.56. The summed E-state index contributed by atoms with van der Waals surface area (Å²) in [5.41, 5.74) is 0.252. The summed E-state index contributed by atoms with van der Waals surface area (Å²) < 4.78 is 42.1. The molecule has 2 aromatic rings. The van der Waals surface area contributed by atoms with Gasteiger partial charge in [-0.3, -0.25) is 4.79 Å². The Labute approximate surface area is 112 Å². The topological polar surface area (TPSA) is 55.1 Å². The van der Waals surface area contributed by atoms with E-state index >= 15 is 0 Å². The number of amides is 1. The molecular weight excluding hydrogens is 273 g/mol. The van der Waals surface area contributed by atoms with E-state index in [4.69, 9.17) is 4.52 Å². The molecule has 1 amide bonds. The van der Waals surface area contributed by atoms with Crippen LogP contribution in [0.4, 0.5) is 18.9 Å². The van der Waals surface area contributed by atoms with Gasteiger partial charge in [0.05, 0.1) is 5.56 Å². The number of carbonyl (C=O) groups excluding carboxylic acids is 1. The summed E-state index contributed by atoms with van der Waals surface area (Å²) in [5, 5.41) is 6.23. The molecule has 0 spiro atoms. The normalized spacial score (nSPS) is 11.4. The summed E-state index contributed by atoms with van der Waals surface area (Å²) in [6.07, 6.45) is -4.42. The number of hydrogen-bond donors (Lipinski definition) is 1. The lowest BCUT2D eigenvalue weighted by Crippen LogP contribution is -2.13. The van der Waals surface area contributed by atoms with Crippen LogP contribution in [0, 0.1) is 13.8 Å². The van der Waals surface area contributed by atoms with E-state index in [0.717, 1.165) is 24.3 Å². The van der Waals surface area contributed by atoms with Crippen LogP contribution in [-0.2, 0) is 6.18 Å². The van der Waals surface area contributed by atoms with Gasteiger partial charge in [-0.15, -0.1) is 0 Å². The van der Waals surface area contributed by atoms with Crippen molar-refractivity contribution in [3.63, 3.8) is 0 Å². The number of nitrogens with one attached hydrogen (secondary N) is 1. The van der Waals surface area contributed by atoms with Gasteiger partial charge in [-0.25, -0.2) is 0 Å². The maximum atomic E-state index is 12.4. The highest BCUT2D eigenvalue weighted by atomic mass is 19.4. The monoisotopic (exact) mass is 284 g/mol. The first-order chi connectivity index (χ1) is 9.29. The molecular formula is C13H11F3N2O2. The molecule has 7 heteroatoms. The van der Waals surface area contributed by atoms with Gasteiger partial charge in [-0.2, -0.15) is 13.2 Å². The van der Waals surface area contributed by atoms with E-state index in [1.54, 1.807) is 13.8 Å². The second-order valence-corrected chi connectivity index (χ2v) is 4.23. The lowest BCUT2D eigenvalue weighted by Gasteiger charge is -2.08. The number of alkyl halides is 3. The van der Waals surface area contributed by atoms with Gasteiger partial charge in [-0.05, 0) is 38.1 Å². The third-order valence-electron chi connectivity index (χ3n) is 2.75. The van der Waals surface area contributed by atoms with E-state index in [0.29, 0.717) is 17.1 Å². The van der Waals surface area contributed by atoms with Crippen molar-refractivity contribution in [1.82, 2.24) is 5.16 Å². The second-order valence-electron chi connectivity index (χ2n) is 4.23. The van der Waals surface area contributed by atoms with E-state index < -0.39 is 17.6 Å². The van der Waals surface area contributed by atoms with Crippen LogP contribution in [0.2, 0.25) is 0 Å². The Morgan fingerprint density at radius 3 is 2.25 bits per heavy atom. The van der Waals surface area contributed by atoms with Crippen LogP contribution in [0.15, 0.2) is 28.8 Å². The molecule has 4 nitrogen and oxygen atoms in total. The van der Waals surface area contributed by atoms with E-state index in [1.807, 2.05) is 0 Å². The van der Waals surface area contributed by atoms with Crippen molar-refractivity contribution >= 4 is 11.6 Å². The van der Waals surface area contributed by atoms with Crippen molar-refractivity contribution in [2.24, 2.45) is 0 Å². The third-order valence-corrected chi connectivity index (χ3v) is 2.75. The van der Waals surface area contributed by atoms with Gasteiger partial charge in [0, 0.05) is 5.56 Å². The summed E-state index contributed by atoms with van der Waals surface area (Å²) in [6, 6.07) is 3.97. The number of carbonyl (C=O) groups is 1. The van der Waals surface area contributed by atoms with Crippen molar-refractivity contribution in [3.05, 3.63) is 46.8 Å². The second kappa shape index (κ2) is 4.99. The third kappa shape index (κ3) is 2.81. The zero-order valence-electron chi connectivity index (χ0n) is 10.7. The average molecular weight is 284 g/mol. The number of hydrogen-bond acceptors (Lipinski definition) is 3. The van der Waals surface area contributed by atoms with Crippen LogP contribution in [0.25, 0.3) is 0 Å². The molecule has 1 aromatic heterocycles. The molecule has 2 rings (SSSR count). The molecule has 0 atom stereocenters. The summed E-state index contributed by atoms with van der Waals surface area (Å²) in [7, 11) is 0. The van der Waals surface area contributed by atoms with Gasteiger partial charge >= 0.3 is 6.18 Å². The quantitative estimate of drug-likeness (QED) is 0.917. The van der Waals surface area contributed by atoms with Gasteiger partial charge in [-0.1, -0.05) is 5.16 Å². The lowest BCUT2D eigenvalue weighted by atomic mass is 10.1. The van der Waals surface area contributed by atoms with Crippen LogP contribution >= 0.6 is 0 Å². The smallest absolute Gasteiger partial charge is 0.359 e. The van der Waals surface area contributed by atoms with Gasteiger partial charge in [0.15, 0.2) is 5.76 Å². The maximum Gasteiger partial charge on any atom is 0.416 e. The number of anilines is 1. The average Bonchev–Trinajstić information content (AvgIpc) is 2.69. The van der Waals surface area contributed by atoms with Crippen molar-refractivity contribution in [2.45, 2.75) is 20.0 Å². The minimum Gasteiger partial charge on any atom is -0.359 e. The Kier molecular flexibility index (Phi) is 3.52. The molecule has 0 fully saturated rings. The SMILES string of the molecule is Cc1noc(C)c1NC(=O)c1ccc(C(F)(F)F)cc1. The number of rotatable bonds is 2. The fraction of sp³-hybridized carbons (Fsp3) is 0.231. The van der Waals surface area contributed by atoms with Crippen LogP contribution < -0.4 is 5.32 Å². The fourth-order valence-corrected chi connectivity index (χ4v) is 1.66. The summed E-state index contributed by atoms with van der Waals surface area (Å²) in [5.74, 6) is -0.0871. The van der Waals surface area contributed by atoms with Crippen LogP contribution in [-0.4, -0.2) is 11.1 Å². The predicted molar refractivity (Wildman–Crippen MR) is 65.4 cm³/mol. The van der Waals surface area contributed by atoms with Crippen molar-refractivity contribution < 1.29 is 22.5 Å². The van der Waals surface area contributed by atoms with E-state index in [2.05, 4.69) is 10.5 Å². The molecule has 1 N–H and O–H groups in total. The van der Waals surface area contributed by atoms with Gasteiger partial charge < -0.3 is 9.84 Å². The molecule has 0 aliphatic rings. The van der Waals surface area contributed by atoms with E-state index in [9.17, 15) is 18.0 Å². The number of nitrogens with zero attached hydrogens (tertiary/aromatic N) is 1. The first-order valence-electron chi connectivity index (χ1n) is 5.70. The maximum absolute atomic E-state index is 12.4. The molecule has 106 valence electrons. The molecule has 0 saturated carbocycles. The van der Waals surface area contributed by atoms with Crippen molar-refractivity contribution in [2.75, 3.05) is 5.32 Å². The minimum absolute atomic E-state index is 0.123. The molecule has 0 unspecified atom stereocenters. The van der Waals surface area contributed by atoms with Crippen LogP contribution in [0.5, 0.6) is 0 Å². The molecule has 1 aromatic carbocycles.